The van der Waals surface area contributed by atoms with Gasteiger partial charge in [0, 0.05) is 29.9 Å². The largest absolute Gasteiger partial charge is 0.358 e. The van der Waals surface area contributed by atoms with E-state index in [0.29, 0.717) is 24.0 Å². The molecule has 0 spiro atoms. The van der Waals surface area contributed by atoms with Crippen LogP contribution < -0.4 is 16.0 Å². The van der Waals surface area contributed by atoms with Crippen LogP contribution in [0.1, 0.15) is 36.4 Å². The molecular formula is C23H23FN6O. The number of pyridine rings is 1. The lowest BCUT2D eigenvalue weighted by Crippen LogP contribution is -2.29. The summed E-state index contributed by atoms with van der Waals surface area (Å²) in [5, 5.41) is 9.18. The number of benzene rings is 1. The molecule has 1 saturated carbocycles. The maximum atomic E-state index is 13.9. The molecule has 1 unspecified atom stereocenters. The van der Waals surface area contributed by atoms with Gasteiger partial charge in [-0.15, -0.1) is 0 Å². The number of carbonyl (C=O) groups is 1. The molecule has 3 N–H and O–H groups in total. The zero-order valence-electron chi connectivity index (χ0n) is 17.2. The van der Waals surface area contributed by atoms with E-state index in [4.69, 9.17) is 0 Å². The zero-order valence-corrected chi connectivity index (χ0v) is 17.2. The first-order chi connectivity index (χ1) is 15.0. The lowest BCUT2D eigenvalue weighted by Gasteiger charge is -2.12. The van der Waals surface area contributed by atoms with Crippen LogP contribution in [0.25, 0.3) is 11.1 Å². The Morgan fingerprint density at radius 2 is 1.94 bits per heavy atom. The summed E-state index contributed by atoms with van der Waals surface area (Å²) in [6.45, 7) is 2.70. The molecule has 3 aromatic rings. The number of rotatable bonds is 6. The van der Waals surface area contributed by atoms with E-state index in [1.165, 1.54) is 6.20 Å². The summed E-state index contributed by atoms with van der Waals surface area (Å²) in [7, 11) is 0. The minimum absolute atomic E-state index is 0.00753. The fraction of sp³-hybridized carbons (Fsp3) is 0.304. The SMILES string of the molecule is Cc1cc(Nc2ncc(F)c(C3CC3)n2)cc(-c2ccc(NC3CCNC3=O)nc2)c1. The zero-order chi connectivity index (χ0) is 21.4. The van der Waals surface area contributed by atoms with Crippen molar-refractivity contribution in [1.29, 1.82) is 0 Å². The van der Waals surface area contributed by atoms with Crippen molar-refractivity contribution in [3.8, 4) is 11.1 Å². The molecule has 1 aromatic carbocycles. The standard InChI is InChI=1S/C23H23FN6O/c1-13-8-16(15-4-5-20(26-11-15)29-19-6-7-25-22(19)31)10-17(9-13)28-23-27-12-18(24)21(30-23)14-2-3-14/h4-5,8-12,14,19H,2-3,6-7H2,1H3,(H,25,31)(H,26,29)(H,27,28,30). The lowest BCUT2D eigenvalue weighted by molar-refractivity contribution is -0.119. The van der Waals surface area contributed by atoms with Crippen molar-refractivity contribution in [2.45, 2.75) is 38.1 Å². The summed E-state index contributed by atoms with van der Waals surface area (Å²) in [6.07, 6.45) is 5.73. The van der Waals surface area contributed by atoms with Crippen LogP contribution in [-0.4, -0.2) is 33.4 Å². The Hall–Kier alpha value is -3.55. The second-order valence-electron chi connectivity index (χ2n) is 8.12. The summed E-state index contributed by atoms with van der Waals surface area (Å²) in [4.78, 5) is 24.7. The normalized spacial score (nSPS) is 18.0. The van der Waals surface area contributed by atoms with E-state index in [-0.39, 0.29) is 23.7 Å². The van der Waals surface area contributed by atoms with Crippen molar-refractivity contribution < 1.29 is 9.18 Å². The Balaban J connectivity index is 1.35. The Labute approximate surface area is 179 Å². The topological polar surface area (TPSA) is 91.8 Å². The van der Waals surface area contributed by atoms with Gasteiger partial charge in [-0.3, -0.25) is 4.79 Å². The van der Waals surface area contributed by atoms with Gasteiger partial charge >= 0.3 is 0 Å². The maximum Gasteiger partial charge on any atom is 0.242 e. The number of nitrogens with one attached hydrogen (secondary N) is 3. The van der Waals surface area contributed by atoms with E-state index in [2.05, 4.69) is 37.0 Å². The van der Waals surface area contributed by atoms with E-state index in [9.17, 15) is 9.18 Å². The average Bonchev–Trinajstić information content (AvgIpc) is 3.52. The maximum absolute atomic E-state index is 13.9. The molecule has 0 bridgehead atoms. The predicted octanol–water partition coefficient (Wildman–Crippen LogP) is 3.91. The van der Waals surface area contributed by atoms with E-state index < -0.39 is 0 Å². The summed E-state index contributed by atoms with van der Waals surface area (Å²) in [5.41, 5.74) is 4.33. The third kappa shape index (κ3) is 4.33. The third-order valence-corrected chi connectivity index (χ3v) is 5.54. The van der Waals surface area contributed by atoms with Gasteiger partial charge in [-0.1, -0.05) is 6.07 Å². The second-order valence-corrected chi connectivity index (χ2v) is 8.12. The summed E-state index contributed by atoms with van der Waals surface area (Å²) < 4.78 is 13.9. The van der Waals surface area contributed by atoms with Crippen molar-refractivity contribution >= 4 is 23.4 Å². The Kier molecular flexibility index (Phi) is 4.97. The second kappa shape index (κ2) is 7.94. The number of hydrogen-bond donors (Lipinski definition) is 3. The number of halogens is 1. The first-order valence-corrected chi connectivity index (χ1v) is 10.5. The first-order valence-electron chi connectivity index (χ1n) is 10.5. The highest BCUT2D eigenvalue weighted by Gasteiger charge is 2.28. The summed E-state index contributed by atoms with van der Waals surface area (Å²) in [5.74, 6) is 0.947. The van der Waals surface area contributed by atoms with E-state index in [1.54, 1.807) is 6.20 Å². The van der Waals surface area contributed by atoms with E-state index in [0.717, 1.165) is 41.6 Å². The van der Waals surface area contributed by atoms with Crippen LogP contribution >= 0.6 is 0 Å². The molecule has 31 heavy (non-hydrogen) atoms. The molecule has 1 aliphatic carbocycles. The molecular weight excluding hydrogens is 395 g/mol. The first kappa shape index (κ1) is 19.4. The highest BCUT2D eigenvalue weighted by atomic mass is 19.1. The number of aryl methyl sites for hydroxylation is 1. The highest BCUT2D eigenvalue weighted by Crippen LogP contribution is 2.40. The molecule has 5 rings (SSSR count). The number of anilines is 3. The smallest absolute Gasteiger partial charge is 0.242 e. The molecule has 3 heterocycles. The van der Waals surface area contributed by atoms with Gasteiger partial charge in [-0.05, 0) is 61.6 Å². The van der Waals surface area contributed by atoms with Crippen molar-refractivity contribution in [3.63, 3.8) is 0 Å². The van der Waals surface area contributed by atoms with E-state index in [1.807, 2.05) is 31.2 Å². The fourth-order valence-corrected chi connectivity index (χ4v) is 3.79. The molecule has 1 amide bonds. The third-order valence-electron chi connectivity index (χ3n) is 5.54. The minimum Gasteiger partial charge on any atom is -0.358 e. The van der Waals surface area contributed by atoms with Crippen molar-refractivity contribution in [2.24, 2.45) is 0 Å². The van der Waals surface area contributed by atoms with Gasteiger partial charge in [0.25, 0.3) is 0 Å². The Morgan fingerprint density at radius 3 is 2.65 bits per heavy atom. The molecule has 158 valence electrons. The van der Waals surface area contributed by atoms with Crippen LogP contribution in [-0.2, 0) is 4.79 Å². The quantitative estimate of drug-likeness (QED) is 0.562. The van der Waals surface area contributed by atoms with Gasteiger partial charge in [0.2, 0.25) is 11.9 Å². The minimum atomic E-state index is -0.340. The number of amides is 1. The number of hydrogen-bond acceptors (Lipinski definition) is 6. The lowest BCUT2D eigenvalue weighted by atomic mass is 10.0. The van der Waals surface area contributed by atoms with Crippen LogP contribution in [0.15, 0.2) is 42.7 Å². The molecule has 1 saturated heterocycles. The molecule has 8 heteroatoms. The monoisotopic (exact) mass is 418 g/mol. The van der Waals surface area contributed by atoms with Gasteiger partial charge in [0.05, 0.1) is 11.9 Å². The highest BCUT2D eigenvalue weighted by molar-refractivity contribution is 5.86. The van der Waals surface area contributed by atoms with Crippen LogP contribution in [0.4, 0.5) is 21.8 Å². The number of carbonyl (C=O) groups excluding carboxylic acids is 1. The molecule has 0 radical (unpaired) electrons. The Morgan fingerprint density at radius 1 is 1.06 bits per heavy atom. The average molecular weight is 418 g/mol. The van der Waals surface area contributed by atoms with Crippen molar-refractivity contribution in [3.05, 3.63) is 59.8 Å². The molecule has 7 nitrogen and oxygen atoms in total. The van der Waals surface area contributed by atoms with Crippen LogP contribution in [0.3, 0.4) is 0 Å². The number of nitrogens with zero attached hydrogens (tertiary/aromatic N) is 3. The molecule has 2 aliphatic rings. The molecule has 1 atom stereocenters. The van der Waals surface area contributed by atoms with Gasteiger partial charge < -0.3 is 16.0 Å². The van der Waals surface area contributed by atoms with E-state index >= 15 is 0 Å². The Bertz CT molecular complexity index is 1130. The fourth-order valence-electron chi connectivity index (χ4n) is 3.79. The van der Waals surface area contributed by atoms with Crippen molar-refractivity contribution in [1.82, 2.24) is 20.3 Å². The van der Waals surface area contributed by atoms with Gasteiger partial charge in [0.1, 0.15) is 11.9 Å². The molecule has 2 aromatic heterocycles. The number of aromatic nitrogens is 3. The van der Waals surface area contributed by atoms with Crippen molar-refractivity contribution in [2.75, 3.05) is 17.2 Å². The summed E-state index contributed by atoms with van der Waals surface area (Å²) >= 11 is 0. The van der Waals surface area contributed by atoms with Crippen LogP contribution in [0.2, 0.25) is 0 Å². The summed E-state index contributed by atoms with van der Waals surface area (Å²) in [6, 6.07) is 9.67. The van der Waals surface area contributed by atoms with Crippen LogP contribution in [0, 0.1) is 12.7 Å². The molecule has 2 fully saturated rings. The van der Waals surface area contributed by atoms with Gasteiger partial charge in [-0.2, -0.15) is 0 Å². The predicted molar refractivity (Wildman–Crippen MR) is 117 cm³/mol. The van der Waals surface area contributed by atoms with Gasteiger partial charge in [0.15, 0.2) is 5.82 Å². The molecule has 1 aliphatic heterocycles. The van der Waals surface area contributed by atoms with Gasteiger partial charge in [-0.25, -0.2) is 19.3 Å². The van der Waals surface area contributed by atoms with Crippen LogP contribution in [0.5, 0.6) is 0 Å².